The maximum atomic E-state index is 12.2. The van der Waals surface area contributed by atoms with E-state index in [1.54, 1.807) is 24.3 Å². The molecule has 0 unspecified atom stereocenters. The van der Waals surface area contributed by atoms with E-state index in [2.05, 4.69) is 0 Å². The summed E-state index contributed by atoms with van der Waals surface area (Å²) in [5, 5.41) is 0. The molecule has 0 aromatic heterocycles. The number of aryl methyl sites for hydroxylation is 1. The predicted octanol–water partition coefficient (Wildman–Crippen LogP) is 2.91. The maximum absolute atomic E-state index is 12.2. The highest BCUT2D eigenvalue weighted by Crippen LogP contribution is 2.37. The number of benzene rings is 1. The fraction of sp³-hybridized carbons (Fsp3) is 0.625. The molecule has 1 aliphatic heterocycles. The van der Waals surface area contributed by atoms with Crippen molar-refractivity contribution in [2.24, 2.45) is 11.8 Å². The molecule has 0 spiro atoms. The second-order valence-electron chi connectivity index (χ2n) is 6.22. The van der Waals surface area contributed by atoms with E-state index in [1.165, 1.54) is 12.8 Å². The van der Waals surface area contributed by atoms with Gasteiger partial charge in [-0.25, -0.2) is 0 Å². The van der Waals surface area contributed by atoms with Crippen LogP contribution in [0, 0.1) is 18.8 Å². The minimum Gasteiger partial charge on any atom is -0.375 e. The van der Waals surface area contributed by atoms with Gasteiger partial charge in [-0.1, -0.05) is 24.1 Å². The van der Waals surface area contributed by atoms with Crippen LogP contribution in [0.3, 0.4) is 0 Å². The van der Waals surface area contributed by atoms with Crippen LogP contribution in [0.1, 0.15) is 31.2 Å². The summed E-state index contributed by atoms with van der Waals surface area (Å²) in [6.45, 7) is 2.80. The van der Waals surface area contributed by atoms with E-state index in [0.29, 0.717) is 11.8 Å². The van der Waals surface area contributed by atoms with Gasteiger partial charge in [-0.15, -0.1) is 0 Å². The lowest BCUT2D eigenvalue weighted by Gasteiger charge is -2.39. The quantitative estimate of drug-likeness (QED) is 0.802. The Morgan fingerprint density at radius 3 is 2.76 bits per heavy atom. The molecule has 5 heteroatoms. The summed E-state index contributed by atoms with van der Waals surface area (Å²) in [4.78, 5) is 0.213. The second kappa shape index (κ2) is 6.07. The van der Waals surface area contributed by atoms with E-state index in [4.69, 9.17) is 8.92 Å². The Morgan fingerprint density at radius 2 is 2.00 bits per heavy atom. The van der Waals surface area contributed by atoms with Gasteiger partial charge < -0.3 is 4.74 Å². The van der Waals surface area contributed by atoms with Crippen molar-refractivity contribution in [3.63, 3.8) is 0 Å². The van der Waals surface area contributed by atoms with E-state index in [-0.39, 0.29) is 17.6 Å². The average molecular weight is 310 g/mol. The molecule has 0 amide bonds. The largest absolute Gasteiger partial charge is 0.375 e. The summed E-state index contributed by atoms with van der Waals surface area (Å²) in [6.07, 6.45) is 4.65. The molecule has 1 aromatic rings. The fourth-order valence-electron chi connectivity index (χ4n) is 3.33. The van der Waals surface area contributed by atoms with Crippen LogP contribution >= 0.6 is 0 Å². The molecule has 4 nitrogen and oxygen atoms in total. The molecule has 1 saturated carbocycles. The van der Waals surface area contributed by atoms with Crippen LogP contribution in [-0.4, -0.2) is 27.7 Å². The Kier molecular flexibility index (Phi) is 4.33. The van der Waals surface area contributed by atoms with Gasteiger partial charge in [-0.05, 0) is 50.2 Å². The van der Waals surface area contributed by atoms with E-state index < -0.39 is 10.1 Å². The van der Waals surface area contributed by atoms with Crippen molar-refractivity contribution in [3.8, 4) is 0 Å². The first-order valence-electron chi connectivity index (χ1n) is 7.62. The molecule has 1 heterocycles. The number of fused-ring (bicyclic) bond motifs is 2. The molecular weight excluding hydrogens is 288 g/mol. The molecule has 1 aromatic carbocycles. The smallest absolute Gasteiger partial charge is 0.297 e. The topological polar surface area (TPSA) is 52.6 Å². The highest BCUT2D eigenvalue weighted by atomic mass is 32.2. The van der Waals surface area contributed by atoms with Crippen LogP contribution < -0.4 is 0 Å². The molecule has 1 aliphatic carbocycles. The van der Waals surface area contributed by atoms with E-state index in [1.807, 2.05) is 6.92 Å². The van der Waals surface area contributed by atoms with Gasteiger partial charge in [0, 0.05) is 6.61 Å². The van der Waals surface area contributed by atoms with Crippen LogP contribution in [0.25, 0.3) is 0 Å². The second-order valence-corrected chi connectivity index (χ2v) is 7.83. The van der Waals surface area contributed by atoms with Gasteiger partial charge in [0.05, 0.1) is 17.6 Å². The molecule has 3 atom stereocenters. The number of rotatable bonds is 4. The SMILES string of the molecule is Cc1ccc(S(=O)(=O)OC[C@@H]2OC[C@@H]3CCC[C@H]2C3)cc1. The lowest BCUT2D eigenvalue weighted by molar-refractivity contribution is -0.0914. The number of hydrogen-bond donors (Lipinski definition) is 0. The van der Waals surface area contributed by atoms with Gasteiger partial charge >= 0.3 is 0 Å². The number of ether oxygens (including phenoxy) is 1. The molecule has 2 aliphatic rings. The molecular formula is C16H22O4S. The minimum atomic E-state index is -3.68. The van der Waals surface area contributed by atoms with Crippen molar-refractivity contribution in [2.75, 3.05) is 13.2 Å². The van der Waals surface area contributed by atoms with Gasteiger partial charge in [0.25, 0.3) is 10.1 Å². The van der Waals surface area contributed by atoms with Gasteiger partial charge in [-0.3, -0.25) is 4.18 Å². The third kappa shape index (κ3) is 3.47. The first-order valence-corrected chi connectivity index (χ1v) is 9.03. The molecule has 2 fully saturated rings. The van der Waals surface area contributed by atoms with Crippen molar-refractivity contribution in [2.45, 2.75) is 43.6 Å². The van der Waals surface area contributed by atoms with E-state index >= 15 is 0 Å². The Balaban J connectivity index is 1.62. The van der Waals surface area contributed by atoms with Crippen LogP contribution in [-0.2, 0) is 19.0 Å². The number of hydrogen-bond acceptors (Lipinski definition) is 4. The summed E-state index contributed by atoms with van der Waals surface area (Å²) in [6, 6.07) is 6.73. The van der Waals surface area contributed by atoms with E-state index in [0.717, 1.165) is 25.0 Å². The highest BCUT2D eigenvalue weighted by molar-refractivity contribution is 7.86. The molecule has 1 saturated heterocycles. The van der Waals surface area contributed by atoms with Crippen molar-refractivity contribution >= 4 is 10.1 Å². The van der Waals surface area contributed by atoms with Crippen LogP contribution in [0.15, 0.2) is 29.2 Å². The predicted molar refractivity (Wildman–Crippen MR) is 79.5 cm³/mol. The average Bonchev–Trinajstić information content (AvgIpc) is 2.47. The normalized spacial score (nSPS) is 29.3. The Labute approximate surface area is 126 Å². The molecule has 116 valence electrons. The lowest BCUT2D eigenvalue weighted by atomic mass is 9.77. The molecule has 0 N–H and O–H groups in total. The minimum absolute atomic E-state index is 0.0817. The summed E-state index contributed by atoms with van der Waals surface area (Å²) in [7, 11) is -3.68. The maximum Gasteiger partial charge on any atom is 0.297 e. The van der Waals surface area contributed by atoms with Gasteiger partial charge in [0.1, 0.15) is 0 Å². The Bertz CT molecular complexity index is 579. The van der Waals surface area contributed by atoms with Gasteiger partial charge in [-0.2, -0.15) is 8.42 Å². The molecule has 21 heavy (non-hydrogen) atoms. The van der Waals surface area contributed by atoms with Crippen LogP contribution in [0.5, 0.6) is 0 Å². The summed E-state index contributed by atoms with van der Waals surface area (Å²) in [5.41, 5.74) is 1.03. The summed E-state index contributed by atoms with van der Waals surface area (Å²) >= 11 is 0. The van der Waals surface area contributed by atoms with E-state index in [9.17, 15) is 8.42 Å². The van der Waals surface area contributed by atoms with Gasteiger partial charge in [0.15, 0.2) is 0 Å². The lowest BCUT2D eigenvalue weighted by Crippen LogP contribution is -2.40. The van der Waals surface area contributed by atoms with Crippen molar-refractivity contribution in [3.05, 3.63) is 29.8 Å². The van der Waals surface area contributed by atoms with Crippen LogP contribution in [0.2, 0.25) is 0 Å². The molecule has 2 bridgehead atoms. The standard InChI is InChI=1S/C16H22O4S/c1-12-5-7-15(8-6-12)21(17,18)20-11-16-14-4-2-3-13(9-14)10-19-16/h5-8,13-14,16H,2-4,9-11H2,1H3/t13-,14+,16+/m1/s1. The van der Waals surface area contributed by atoms with Crippen molar-refractivity contribution in [1.82, 2.24) is 0 Å². The first-order chi connectivity index (χ1) is 10.0. The zero-order valence-corrected chi connectivity index (χ0v) is 13.1. The first kappa shape index (κ1) is 15.0. The third-order valence-electron chi connectivity index (χ3n) is 4.59. The van der Waals surface area contributed by atoms with Crippen molar-refractivity contribution < 1.29 is 17.3 Å². The zero-order valence-electron chi connectivity index (χ0n) is 12.3. The monoisotopic (exact) mass is 310 g/mol. The summed E-state index contributed by atoms with van der Waals surface area (Å²) < 4.78 is 35.4. The summed E-state index contributed by atoms with van der Waals surface area (Å²) in [5.74, 6) is 1.11. The van der Waals surface area contributed by atoms with Gasteiger partial charge in [0.2, 0.25) is 0 Å². The van der Waals surface area contributed by atoms with Crippen molar-refractivity contribution in [1.29, 1.82) is 0 Å². The molecule has 0 radical (unpaired) electrons. The highest BCUT2D eigenvalue weighted by Gasteiger charge is 2.35. The van der Waals surface area contributed by atoms with Crippen LogP contribution in [0.4, 0.5) is 0 Å². The molecule has 3 rings (SSSR count). The Morgan fingerprint density at radius 1 is 1.24 bits per heavy atom. The third-order valence-corrected chi connectivity index (χ3v) is 5.89. The fourth-order valence-corrected chi connectivity index (χ4v) is 4.25. The Hall–Kier alpha value is -0.910. The zero-order chi connectivity index (χ0) is 14.9.